The van der Waals surface area contributed by atoms with Crippen LogP contribution in [0.1, 0.15) is 17.2 Å². The topological polar surface area (TPSA) is 44.7 Å². The van der Waals surface area contributed by atoms with Crippen LogP contribution in [0, 0.1) is 12.7 Å². The zero-order valence-electron chi connectivity index (χ0n) is 11.5. The Kier molecular flexibility index (Phi) is 3.39. The van der Waals surface area contributed by atoms with Gasteiger partial charge in [-0.2, -0.15) is 0 Å². The molecule has 2 aromatic rings. The summed E-state index contributed by atoms with van der Waals surface area (Å²) in [7, 11) is 0. The molecule has 5 heteroatoms. The van der Waals surface area contributed by atoms with E-state index in [9.17, 15) is 9.18 Å². The molecule has 0 bridgehead atoms. The van der Waals surface area contributed by atoms with Crippen molar-refractivity contribution < 1.29 is 9.18 Å². The number of carbonyl (C=O) groups is 1. The van der Waals surface area contributed by atoms with Gasteiger partial charge in [0.05, 0.1) is 5.69 Å². The van der Waals surface area contributed by atoms with Gasteiger partial charge < -0.3 is 0 Å². The smallest absolute Gasteiger partial charge is 0.275 e. The van der Waals surface area contributed by atoms with Crippen LogP contribution in [0.15, 0.2) is 53.5 Å². The van der Waals surface area contributed by atoms with E-state index in [1.54, 1.807) is 12.1 Å². The standard InChI is InChI=1S/C16H14FN3O/c1-11-2-8-14(9-3-11)19-20-10-18-15(16(20)21)12-4-6-13(17)7-5-12/h2-10,15,19H,1H3. The maximum Gasteiger partial charge on any atom is 0.275 e. The lowest BCUT2D eigenvalue weighted by molar-refractivity contribution is -0.126. The van der Waals surface area contributed by atoms with Crippen molar-refractivity contribution >= 4 is 17.9 Å². The van der Waals surface area contributed by atoms with Gasteiger partial charge in [-0.3, -0.25) is 15.2 Å². The molecule has 21 heavy (non-hydrogen) atoms. The molecular weight excluding hydrogens is 269 g/mol. The fourth-order valence-electron chi connectivity index (χ4n) is 2.11. The number of halogens is 1. The van der Waals surface area contributed by atoms with Gasteiger partial charge in [0.25, 0.3) is 5.91 Å². The molecule has 106 valence electrons. The lowest BCUT2D eigenvalue weighted by Crippen LogP contribution is -2.33. The van der Waals surface area contributed by atoms with Crippen molar-refractivity contribution in [2.24, 2.45) is 4.99 Å². The zero-order valence-corrected chi connectivity index (χ0v) is 11.5. The molecule has 0 aliphatic carbocycles. The Morgan fingerprint density at radius 3 is 2.43 bits per heavy atom. The number of hydrogen-bond donors (Lipinski definition) is 1. The van der Waals surface area contributed by atoms with Gasteiger partial charge in [-0.15, -0.1) is 0 Å². The summed E-state index contributed by atoms with van der Waals surface area (Å²) in [6.45, 7) is 2.00. The molecule has 4 nitrogen and oxygen atoms in total. The summed E-state index contributed by atoms with van der Waals surface area (Å²) in [6.07, 6.45) is 1.45. The third-order valence-electron chi connectivity index (χ3n) is 3.29. The minimum Gasteiger partial charge on any atom is -0.290 e. The van der Waals surface area contributed by atoms with Gasteiger partial charge in [0.2, 0.25) is 0 Å². The second-order valence-electron chi connectivity index (χ2n) is 4.90. The average Bonchev–Trinajstić information content (AvgIpc) is 2.84. The molecule has 1 aliphatic heterocycles. The van der Waals surface area contributed by atoms with Crippen LogP contribution in [0.2, 0.25) is 0 Å². The molecule has 0 aromatic heterocycles. The Morgan fingerprint density at radius 1 is 1.10 bits per heavy atom. The van der Waals surface area contributed by atoms with E-state index in [4.69, 9.17) is 0 Å². The number of rotatable bonds is 3. The first-order valence-electron chi connectivity index (χ1n) is 6.59. The summed E-state index contributed by atoms with van der Waals surface area (Å²) in [4.78, 5) is 16.5. The largest absolute Gasteiger partial charge is 0.290 e. The summed E-state index contributed by atoms with van der Waals surface area (Å²) in [6, 6.07) is 12.9. The van der Waals surface area contributed by atoms with Crippen LogP contribution in [0.5, 0.6) is 0 Å². The molecule has 1 N–H and O–H groups in total. The van der Waals surface area contributed by atoms with Gasteiger partial charge in [0.15, 0.2) is 6.04 Å². The summed E-state index contributed by atoms with van der Waals surface area (Å²) in [5.41, 5.74) is 5.61. The lowest BCUT2D eigenvalue weighted by Gasteiger charge is -2.17. The summed E-state index contributed by atoms with van der Waals surface area (Å²) < 4.78 is 12.9. The first kappa shape index (κ1) is 13.3. The van der Waals surface area contributed by atoms with Gasteiger partial charge in [0.1, 0.15) is 12.2 Å². The van der Waals surface area contributed by atoms with Crippen molar-refractivity contribution in [2.75, 3.05) is 5.43 Å². The summed E-state index contributed by atoms with van der Waals surface area (Å²) in [5.74, 6) is -0.523. The highest BCUT2D eigenvalue weighted by Gasteiger charge is 2.29. The normalized spacial score (nSPS) is 17.3. The highest BCUT2D eigenvalue weighted by Crippen LogP contribution is 2.24. The second kappa shape index (κ2) is 5.36. The number of anilines is 1. The molecule has 0 saturated heterocycles. The fourth-order valence-corrected chi connectivity index (χ4v) is 2.11. The maximum absolute atomic E-state index is 12.9. The third-order valence-corrected chi connectivity index (χ3v) is 3.29. The van der Waals surface area contributed by atoms with Crippen molar-refractivity contribution in [3.05, 3.63) is 65.5 Å². The molecule has 2 aromatic carbocycles. The van der Waals surface area contributed by atoms with Crippen molar-refractivity contribution in [1.82, 2.24) is 5.01 Å². The van der Waals surface area contributed by atoms with E-state index in [0.29, 0.717) is 5.56 Å². The number of benzene rings is 2. The van der Waals surface area contributed by atoms with Crippen molar-refractivity contribution in [3.8, 4) is 0 Å². The van der Waals surface area contributed by atoms with E-state index >= 15 is 0 Å². The number of aryl methyl sites for hydroxylation is 1. The molecular formula is C16H14FN3O. The zero-order chi connectivity index (χ0) is 14.8. The number of carbonyl (C=O) groups excluding carboxylic acids is 1. The van der Waals surface area contributed by atoms with Crippen LogP contribution in [0.4, 0.5) is 10.1 Å². The number of nitrogens with one attached hydrogen (secondary N) is 1. The molecule has 1 unspecified atom stereocenters. The first-order chi connectivity index (χ1) is 10.1. The van der Waals surface area contributed by atoms with E-state index in [0.717, 1.165) is 11.3 Å². The minimum atomic E-state index is -0.622. The fraction of sp³-hybridized carbons (Fsp3) is 0.125. The number of nitrogens with zero attached hydrogens (tertiary/aromatic N) is 2. The lowest BCUT2D eigenvalue weighted by atomic mass is 10.1. The van der Waals surface area contributed by atoms with Gasteiger partial charge in [-0.05, 0) is 36.8 Å². The molecule has 0 fully saturated rings. The summed E-state index contributed by atoms with van der Waals surface area (Å²) >= 11 is 0. The van der Waals surface area contributed by atoms with E-state index < -0.39 is 6.04 Å². The molecule has 0 spiro atoms. The van der Waals surface area contributed by atoms with Crippen LogP contribution in [-0.4, -0.2) is 17.3 Å². The minimum absolute atomic E-state index is 0.192. The Hall–Kier alpha value is -2.69. The maximum atomic E-state index is 12.9. The van der Waals surface area contributed by atoms with Crippen molar-refractivity contribution in [3.63, 3.8) is 0 Å². The van der Waals surface area contributed by atoms with Gasteiger partial charge in [-0.1, -0.05) is 29.8 Å². The third kappa shape index (κ3) is 2.76. The van der Waals surface area contributed by atoms with Gasteiger partial charge in [-0.25, -0.2) is 9.40 Å². The SMILES string of the molecule is Cc1ccc(NN2C=NC(c3ccc(F)cc3)C2=O)cc1. The van der Waals surface area contributed by atoms with E-state index in [-0.39, 0.29) is 11.7 Å². The van der Waals surface area contributed by atoms with Crippen LogP contribution >= 0.6 is 0 Å². The molecule has 1 atom stereocenters. The Labute approximate surface area is 121 Å². The van der Waals surface area contributed by atoms with E-state index in [1.807, 2.05) is 31.2 Å². The highest BCUT2D eigenvalue weighted by molar-refractivity contribution is 5.98. The quantitative estimate of drug-likeness (QED) is 0.941. The monoisotopic (exact) mass is 283 g/mol. The molecule has 3 rings (SSSR count). The molecule has 1 aliphatic rings. The molecule has 0 radical (unpaired) electrons. The van der Waals surface area contributed by atoms with Crippen LogP contribution in [0.3, 0.4) is 0 Å². The molecule has 1 heterocycles. The van der Waals surface area contributed by atoms with E-state index in [1.165, 1.54) is 23.5 Å². The van der Waals surface area contributed by atoms with Crippen LogP contribution < -0.4 is 5.43 Å². The number of aliphatic imine (C=N–C) groups is 1. The van der Waals surface area contributed by atoms with Gasteiger partial charge in [0, 0.05) is 0 Å². The first-order valence-corrected chi connectivity index (χ1v) is 6.59. The number of hydrazine groups is 1. The predicted octanol–water partition coefficient (Wildman–Crippen LogP) is 3.07. The highest BCUT2D eigenvalue weighted by atomic mass is 19.1. The Balaban J connectivity index is 1.73. The summed E-state index contributed by atoms with van der Waals surface area (Å²) in [5, 5.41) is 1.35. The van der Waals surface area contributed by atoms with Crippen LogP contribution in [0.25, 0.3) is 0 Å². The average molecular weight is 283 g/mol. The van der Waals surface area contributed by atoms with Crippen molar-refractivity contribution in [1.29, 1.82) is 0 Å². The predicted molar refractivity (Wildman–Crippen MR) is 79.3 cm³/mol. The molecule has 1 amide bonds. The number of amides is 1. The van der Waals surface area contributed by atoms with Gasteiger partial charge >= 0.3 is 0 Å². The Morgan fingerprint density at radius 2 is 1.76 bits per heavy atom. The number of hydrogen-bond acceptors (Lipinski definition) is 3. The second-order valence-corrected chi connectivity index (χ2v) is 4.90. The van der Waals surface area contributed by atoms with Crippen LogP contribution in [-0.2, 0) is 4.79 Å². The van der Waals surface area contributed by atoms with Crippen molar-refractivity contribution in [2.45, 2.75) is 13.0 Å². The Bertz CT molecular complexity index is 680. The molecule has 0 saturated carbocycles. The van der Waals surface area contributed by atoms with E-state index in [2.05, 4.69) is 10.4 Å².